The first-order chi connectivity index (χ1) is 11.9. The highest BCUT2D eigenvalue weighted by Gasteiger charge is 2.16. The number of benzene rings is 1. The molecule has 3 aromatic rings. The summed E-state index contributed by atoms with van der Waals surface area (Å²) in [6.07, 6.45) is 0. The number of imidazole rings is 1. The highest BCUT2D eigenvalue weighted by atomic mass is 15.4. The number of aromatic nitrogens is 5. The van der Waals surface area contributed by atoms with E-state index in [0.29, 0.717) is 23.8 Å². The molecule has 2 aromatic heterocycles. The van der Waals surface area contributed by atoms with Crippen LogP contribution in [0.5, 0.6) is 0 Å². The molecule has 0 saturated carbocycles. The maximum absolute atomic E-state index is 4.60. The molecule has 0 bridgehead atoms. The van der Waals surface area contributed by atoms with E-state index in [4.69, 9.17) is 0 Å². The van der Waals surface area contributed by atoms with Crippen molar-refractivity contribution in [3.8, 4) is 0 Å². The molecule has 0 amide bonds. The van der Waals surface area contributed by atoms with Gasteiger partial charge in [0.2, 0.25) is 23.8 Å². The summed E-state index contributed by atoms with van der Waals surface area (Å²) in [6, 6.07) is 8.34. The monoisotopic (exact) mass is 340 g/mol. The minimum Gasteiger partial charge on any atom is -0.352 e. The third-order valence-electron chi connectivity index (χ3n) is 3.45. The molecule has 0 atom stereocenters. The number of nitrogens with one attached hydrogen (secondary N) is 3. The van der Waals surface area contributed by atoms with Gasteiger partial charge in [-0.3, -0.25) is 4.90 Å². The first-order valence-electron chi connectivity index (χ1n) is 8.40. The summed E-state index contributed by atoms with van der Waals surface area (Å²) < 4.78 is 0. The number of fused-ring (bicyclic) bond motifs is 1. The van der Waals surface area contributed by atoms with Crippen molar-refractivity contribution in [1.82, 2.24) is 24.9 Å². The van der Waals surface area contributed by atoms with Gasteiger partial charge in [0.05, 0.1) is 11.0 Å². The fraction of sp³-hybridized carbons (Fsp3) is 0.412. The number of hydrogen-bond acceptors (Lipinski definition) is 7. The zero-order valence-electron chi connectivity index (χ0n) is 15.2. The number of para-hydroxylation sites is 2. The van der Waals surface area contributed by atoms with Crippen molar-refractivity contribution < 1.29 is 0 Å². The van der Waals surface area contributed by atoms with Crippen LogP contribution >= 0.6 is 0 Å². The second-order valence-electron chi connectivity index (χ2n) is 6.52. The molecule has 0 saturated heterocycles. The van der Waals surface area contributed by atoms with E-state index in [0.717, 1.165) is 11.0 Å². The molecule has 0 aliphatic rings. The number of aromatic amines is 1. The van der Waals surface area contributed by atoms with Crippen LogP contribution in [0.3, 0.4) is 0 Å². The highest BCUT2D eigenvalue weighted by molar-refractivity contribution is 5.78. The van der Waals surface area contributed by atoms with E-state index in [1.165, 1.54) is 0 Å². The largest absolute Gasteiger partial charge is 0.352 e. The summed E-state index contributed by atoms with van der Waals surface area (Å²) in [5.41, 5.74) is 1.87. The lowest BCUT2D eigenvalue weighted by Crippen LogP contribution is -2.21. The second kappa shape index (κ2) is 6.92. The zero-order chi connectivity index (χ0) is 18.0. The van der Waals surface area contributed by atoms with E-state index in [2.05, 4.69) is 35.6 Å². The van der Waals surface area contributed by atoms with E-state index in [1.807, 2.05) is 63.9 Å². The number of anilines is 4. The standard InChI is InChI=1S/C17H24N8/c1-10(2)18-14-22-15(19-11(3)4)24-17(23-14)25(5)16-20-12-8-6-7-9-13(12)21-16/h6-11H,1-5H3,(H,20,21)(H2,18,19,22,23,24). The van der Waals surface area contributed by atoms with Gasteiger partial charge < -0.3 is 15.6 Å². The molecule has 0 fully saturated rings. The number of H-pyrrole nitrogens is 1. The Kier molecular flexibility index (Phi) is 4.69. The van der Waals surface area contributed by atoms with Crippen LogP contribution in [0, 0.1) is 0 Å². The molecule has 25 heavy (non-hydrogen) atoms. The second-order valence-corrected chi connectivity index (χ2v) is 6.52. The summed E-state index contributed by atoms with van der Waals surface area (Å²) in [7, 11) is 1.88. The maximum atomic E-state index is 4.60. The molecule has 0 aliphatic carbocycles. The molecule has 8 heteroatoms. The van der Waals surface area contributed by atoms with Crippen LogP contribution in [0.15, 0.2) is 24.3 Å². The fourth-order valence-corrected chi connectivity index (χ4v) is 2.35. The van der Waals surface area contributed by atoms with Crippen molar-refractivity contribution in [2.24, 2.45) is 0 Å². The third-order valence-corrected chi connectivity index (χ3v) is 3.45. The van der Waals surface area contributed by atoms with Crippen molar-refractivity contribution in [1.29, 1.82) is 0 Å². The topological polar surface area (TPSA) is 94.6 Å². The molecule has 3 rings (SSSR count). The molecule has 0 unspecified atom stereocenters. The lowest BCUT2D eigenvalue weighted by Gasteiger charge is -2.18. The van der Waals surface area contributed by atoms with E-state index in [1.54, 1.807) is 0 Å². The van der Waals surface area contributed by atoms with Gasteiger partial charge in [-0.15, -0.1) is 0 Å². The molecule has 1 aromatic carbocycles. The van der Waals surface area contributed by atoms with Crippen LogP contribution in [0.1, 0.15) is 27.7 Å². The quantitative estimate of drug-likeness (QED) is 0.634. The van der Waals surface area contributed by atoms with Gasteiger partial charge in [0.1, 0.15) is 0 Å². The van der Waals surface area contributed by atoms with E-state index >= 15 is 0 Å². The number of nitrogens with zero attached hydrogens (tertiary/aromatic N) is 5. The summed E-state index contributed by atoms with van der Waals surface area (Å²) in [6.45, 7) is 8.17. The van der Waals surface area contributed by atoms with Gasteiger partial charge in [-0.25, -0.2) is 4.98 Å². The smallest absolute Gasteiger partial charge is 0.238 e. The first kappa shape index (κ1) is 16.9. The summed E-state index contributed by atoms with van der Waals surface area (Å²) in [5, 5.41) is 6.46. The third kappa shape index (κ3) is 3.96. The van der Waals surface area contributed by atoms with Crippen molar-refractivity contribution in [3.63, 3.8) is 0 Å². The Morgan fingerprint density at radius 1 is 0.880 bits per heavy atom. The van der Waals surface area contributed by atoms with Crippen LogP contribution in [-0.2, 0) is 0 Å². The Hall–Kier alpha value is -2.90. The predicted molar refractivity (Wildman–Crippen MR) is 102 cm³/mol. The Morgan fingerprint density at radius 2 is 1.48 bits per heavy atom. The fourth-order valence-electron chi connectivity index (χ4n) is 2.35. The molecule has 0 aliphatic heterocycles. The Bertz CT molecular complexity index is 793. The van der Waals surface area contributed by atoms with Crippen molar-refractivity contribution in [3.05, 3.63) is 24.3 Å². The van der Waals surface area contributed by atoms with Crippen molar-refractivity contribution in [2.75, 3.05) is 22.6 Å². The van der Waals surface area contributed by atoms with Gasteiger partial charge >= 0.3 is 0 Å². The van der Waals surface area contributed by atoms with E-state index < -0.39 is 0 Å². The first-order valence-corrected chi connectivity index (χ1v) is 8.40. The van der Waals surface area contributed by atoms with Gasteiger partial charge in [0.25, 0.3) is 0 Å². The van der Waals surface area contributed by atoms with Gasteiger partial charge in [-0.1, -0.05) is 12.1 Å². The Morgan fingerprint density at radius 3 is 2.04 bits per heavy atom. The summed E-state index contributed by atoms with van der Waals surface area (Å²) in [5.74, 6) is 2.26. The van der Waals surface area contributed by atoms with Gasteiger partial charge in [-0.2, -0.15) is 15.0 Å². The Balaban J connectivity index is 1.98. The van der Waals surface area contributed by atoms with Crippen LogP contribution in [0.4, 0.5) is 23.8 Å². The average Bonchev–Trinajstić information content (AvgIpc) is 2.96. The molecule has 132 valence electrons. The molecule has 0 radical (unpaired) electrons. The SMILES string of the molecule is CC(C)Nc1nc(NC(C)C)nc(N(C)c2nc3ccccc3[nH]2)n1. The Labute approximate surface area is 147 Å². The van der Waals surface area contributed by atoms with Crippen LogP contribution < -0.4 is 15.5 Å². The number of hydrogen-bond donors (Lipinski definition) is 3. The minimum atomic E-state index is 0.221. The van der Waals surface area contributed by atoms with E-state index in [9.17, 15) is 0 Å². The molecular weight excluding hydrogens is 316 g/mol. The molecule has 0 spiro atoms. The molecule has 3 N–H and O–H groups in total. The minimum absolute atomic E-state index is 0.221. The predicted octanol–water partition coefficient (Wildman–Crippen LogP) is 3.16. The molecule has 2 heterocycles. The van der Waals surface area contributed by atoms with Crippen molar-refractivity contribution >= 4 is 34.8 Å². The molecular formula is C17H24N8. The lowest BCUT2D eigenvalue weighted by atomic mass is 10.3. The highest BCUT2D eigenvalue weighted by Crippen LogP contribution is 2.22. The van der Waals surface area contributed by atoms with E-state index in [-0.39, 0.29) is 12.1 Å². The zero-order valence-corrected chi connectivity index (χ0v) is 15.2. The lowest BCUT2D eigenvalue weighted by molar-refractivity contribution is 0.838. The van der Waals surface area contributed by atoms with Gasteiger partial charge in [-0.05, 0) is 39.8 Å². The van der Waals surface area contributed by atoms with Crippen molar-refractivity contribution in [2.45, 2.75) is 39.8 Å². The average molecular weight is 340 g/mol. The summed E-state index contributed by atoms with van der Waals surface area (Å²) in [4.78, 5) is 23.2. The maximum Gasteiger partial charge on any atom is 0.238 e. The molecule has 8 nitrogen and oxygen atoms in total. The number of rotatable bonds is 6. The normalized spacial score (nSPS) is 11.3. The van der Waals surface area contributed by atoms with Gasteiger partial charge in [0.15, 0.2) is 0 Å². The summed E-state index contributed by atoms with van der Waals surface area (Å²) >= 11 is 0. The van der Waals surface area contributed by atoms with Crippen LogP contribution in [-0.4, -0.2) is 44.1 Å². The van der Waals surface area contributed by atoms with Crippen LogP contribution in [0.2, 0.25) is 0 Å². The van der Waals surface area contributed by atoms with Crippen LogP contribution in [0.25, 0.3) is 11.0 Å². The van der Waals surface area contributed by atoms with Gasteiger partial charge in [0, 0.05) is 19.1 Å².